The lowest BCUT2D eigenvalue weighted by Crippen LogP contribution is -2.39. The summed E-state index contributed by atoms with van der Waals surface area (Å²) in [5, 5.41) is -0.160. The van der Waals surface area contributed by atoms with Gasteiger partial charge in [0.05, 0.1) is 18.1 Å². The van der Waals surface area contributed by atoms with Crippen molar-refractivity contribution in [2.75, 3.05) is 13.2 Å². The molecule has 1 aromatic heterocycles. The first-order chi connectivity index (χ1) is 7.94. The number of halogens is 4. The number of aromatic nitrogens is 2. The van der Waals surface area contributed by atoms with Crippen molar-refractivity contribution in [2.24, 2.45) is 0 Å². The van der Waals surface area contributed by atoms with E-state index in [1.807, 2.05) is 0 Å². The first-order valence-corrected chi connectivity index (χ1v) is 5.66. The van der Waals surface area contributed by atoms with Crippen LogP contribution >= 0.6 is 23.4 Å². The maximum atomic E-state index is 12.2. The summed E-state index contributed by atoms with van der Waals surface area (Å²) in [6.07, 6.45) is 0.705. The molecular weight excluding hydrogens is 281 g/mol. The van der Waals surface area contributed by atoms with Gasteiger partial charge in [0.25, 0.3) is 0 Å². The molecule has 1 aromatic rings. The minimum Gasteiger partial charge on any atom is -0.469 e. The molecule has 0 radical (unpaired) electrons. The SMILES string of the molecule is FC(F)(F)Sc1cnc(Cl)nc1OC1COC1. The molecule has 0 aliphatic carbocycles. The second-order valence-corrected chi connectivity index (χ2v) is 4.58. The van der Waals surface area contributed by atoms with Crippen molar-refractivity contribution in [3.05, 3.63) is 11.5 Å². The van der Waals surface area contributed by atoms with E-state index in [0.29, 0.717) is 13.2 Å². The van der Waals surface area contributed by atoms with Gasteiger partial charge in [-0.2, -0.15) is 18.2 Å². The second kappa shape index (κ2) is 4.87. The zero-order chi connectivity index (χ0) is 12.5. The second-order valence-electron chi connectivity index (χ2n) is 3.13. The third kappa shape index (κ3) is 3.62. The third-order valence-corrected chi connectivity index (χ3v) is 2.72. The van der Waals surface area contributed by atoms with Crippen LogP contribution in [0.4, 0.5) is 13.2 Å². The first-order valence-electron chi connectivity index (χ1n) is 4.47. The van der Waals surface area contributed by atoms with Gasteiger partial charge in [-0.05, 0) is 23.4 Å². The molecule has 94 valence electrons. The van der Waals surface area contributed by atoms with Gasteiger partial charge in [0.15, 0.2) is 0 Å². The molecule has 0 amide bonds. The van der Waals surface area contributed by atoms with Crippen LogP contribution in [0.1, 0.15) is 0 Å². The molecular formula is C8H6ClF3N2O2S. The molecule has 4 nitrogen and oxygen atoms in total. The Balaban J connectivity index is 2.17. The molecule has 0 saturated carbocycles. The van der Waals surface area contributed by atoms with Crippen molar-refractivity contribution in [3.63, 3.8) is 0 Å². The van der Waals surface area contributed by atoms with Gasteiger partial charge in [0, 0.05) is 6.20 Å². The number of rotatable bonds is 3. The summed E-state index contributed by atoms with van der Waals surface area (Å²) in [7, 11) is 0. The van der Waals surface area contributed by atoms with Crippen LogP contribution in [-0.4, -0.2) is 34.8 Å². The highest BCUT2D eigenvalue weighted by Gasteiger charge is 2.33. The highest BCUT2D eigenvalue weighted by Crippen LogP contribution is 2.40. The number of thioether (sulfide) groups is 1. The number of hydrogen-bond donors (Lipinski definition) is 0. The molecule has 0 unspecified atom stereocenters. The zero-order valence-electron chi connectivity index (χ0n) is 8.20. The fraction of sp³-hybridized carbons (Fsp3) is 0.500. The first kappa shape index (κ1) is 12.7. The predicted octanol–water partition coefficient (Wildman–Crippen LogP) is 2.52. The molecule has 17 heavy (non-hydrogen) atoms. The lowest BCUT2D eigenvalue weighted by Gasteiger charge is -2.26. The summed E-state index contributed by atoms with van der Waals surface area (Å²) in [5.74, 6) is -0.166. The predicted molar refractivity (Wildman–Crippen MR) is 54.2 cm³/mol. The van der Waals surface area contributed by atoms with Crippen molar-refractivity contribution in [1.82, 2.24) is 9.97 Å². The summed E-state index contributed by atoms with van der Waals surface area (Å²) in [6, 6.07) is 0. The molecule has 0 bridgehead atoms. The van der Waals surface area contributed by atoms with Crippen molar-refractivity contribution in [3.8, 4) is 5.88 Å². The van der Waals surface area contributed by atoms with E-state index in [2.05, 4.69) is 9.97 Å². The van der Waals surface area contributed by atoms with Gasteiger partial charge < -0.3 is 9.47 Å². The smallest absolute Gasteiger partial charge is 0.446 e. The monoisotopic (exact) mass is 286 g/mol. The molecule has 2 heterocycles. The van der Waals surface area contributed by atoms with Crippen molar-refractivity contribution in [1.29, 1.82) is 0 Å². The van der Waals surface area contributed by atoms with Crippen molar-refractivity contribution >= 4 is 23.4 Å². The number of ether oxygens (including phenoxy) is 2. The van der Waals surface area contributed by atoms with Crippen LogP contribution in [0.5, 0.6) is 5.88 Å². The molecule has 1 aliphatic rings. The summed E-state index contributed by atoms with van der Waals surface area (Å²) in [4.78, 5) is 6.92. The molecule has 0 aromatic carbocycles. The molecule has 1 fully saturated rings. The van der Waals surface area contributed by atoms with Crippen LogP contribution in [0.25, 0.3) is 0 Å². The summed E-state index contributed by atoms with van der Waals surface area (Å²) >= 11 is 5.17. The Morgan fingerprint density at radius 2 is 2.18 bits per heavy atom. The molecule has 2 rings (SSSR count). The van der Waals surface area contributed by atoms with Crippen LogP contribution in [0.15, 0.2) is 11.1 Å². The van der Waals surface area contributed by atoms with Gasteiger partial charge in [-0.1, -0.05) is 0 Å². The Kier molecular flexibility index (Phi) is 3.64. The zero-order valence-corrected chi connectivity index (χ0v) is 9.77. The normalized spacial score (nSPS) is 16.7. The molecule has 1 saturated heterocycles. The van der Waals surface area contributed by atoms with E-state index in [0.717, 1.165) is 6.20 Å². The van der Waals surface area contributed by atoms with E-state index < -0.39 is 5.51 Å². The topological polar surface area (TPSA) is 44.2 Å². The quantitative estimate of drug-likeness (QED) is 0.631. The largest absolute Gasteiger partial charge is 0.469 e. The molecule has 0 N–H and O–H groups in total. The minimum absolute atomic E-state index is 0.160. The Morgan fingerprint density at radius 3 is 2.71 bits per heavy atom. The number of hydrogen-bond acceptors (Lipinski definition) is 5. The van der Waals surface area contributed by atoms with Crippen LogP contribution < -0.4 is 4.74 Å². The number of nitrogens with zero attached hydrogens (tertiary/aromatic N) is 2. The Morgan fingerprint density at radius 1 is 1.47 bits per heavy atom. The van der Waals surface area contributed by atoms with Gasteiger partial charge >= 0.3 is 5.51 Å². The lowest BCUT2D eigenvalue weighted by molar-refractivity contribution is -0.0826. The molecule has 9 heteroatoms. The summed E-state index contributed by atoms with van der Waals surface area (Å²) in [5.41, 5.74) is -4.43. The van der Waals surface area contributed by atoms with E-state index in [1.54, 1.807) is 0 Å². The molecule has 0 spiro atoms. The Hall–Kier alpha value is -0.730. The van der Waals surface area contributed by atoms with Crippen LogP contribution in [0.3, 0.4) is 0 Å². The van der Waals surface area contributed by atoms with Gasteiger partial charge in [0.2, 0.25) is 11.2 Å². The van der Waals surface area contributed by atoms with Crippen LogP contribution in [-0.2, 0) is 4.74 Å². The third-order valence-electron chi connectivity index (χ3n) is 1.80. The van der Waals surface area contributed by atoms with Gasteiger partial charge in [-0.15, -0.1) is 0 Å². The fourth-order valence-electron chi connectivity index (χ4n) is 1.05. The van der Waals surface area contributed by atoms with Gasteiger partial charge in [-0.25, -0.2) is 4.98 Å². The average Bonchev–Trinajstić information content (AvgIpc) is 2.13. The van der Waals surface area contributed by atoms with Crippen molar-refractivity contribution in [2.45, 2.75) is 16.5 Å². The molecule has 0 atom stereocenters. The number of alkyl halides is 3. The fourth-order valence-corrected chi connectivity index (χ4v) is 1.72. The lowest BCUT2D eigenvalue weighted by atomic mass is 10.3. The maximum Gasteiger partial charge on any atom is 0.446 e. The minimum atomic E-state index is -4.43. The van der Waals surface area contributed by atoms with E-state index >= 15 is 0 Å². The van der Waals surface area contributed by atoms with E-state index in [9.17, 15) is 13.2 Å². The Bertz CT molecular complexity index is 414. The van der Waals surface area contributed by atoms with Crippen LogP contribution in [0, 0.1) is 0 Å². The summed E-state index contributed by atoms with van der Waals surface area (Å²) in [6.45, 7) is 0.662. The highest BCUT2D eigenvalue weighted by atomic mass is 35.5. The van der Waals surface area contributed by atoms with Gasteiger partial charge in [-0.3, -0.25) is 0 Å². The van der Waals surface area contributed by atoms with Crippen molar-refractivity contribution < 1.29 is 22.6 Å². The van der Waals surface area contributed by atoms with Crippen LogP contribution in [0.2, 0.25) is 5.28 Å². The van der Waals surface area contributed by atoms with E-state index in [-0.39, 0.29) is 33.9 Å². The maximum absolute atomic E-state index is 12.2. The van der Waals surface area contributed by atoms with Gasteiger partial charge in [0.1, 0.15) is 6.10 Å². The molecule has 1 aliphatic heterocycles. The standard InChI is InChI=1S/C8H6ClF3N2O2S/c9-7-13-1-5(17-8(10,11)12)6(14-7)16-4-2-15-3-4/h1,4H,2-3H2. The average molecular weight is 287 g/mol. The van der Waals surface area contributed by atoms with E-state index in [4.69, 9.17) is 21.1 Å². The highest BCUT2D eigenvalue weighted by molar-refractivity contribution is 8.00. The van der Waals surface area contributed by atoms with E-state index in [1.165, 1.54) is 0 Å². The summed E-state index contributed by atoms with van der Waals surface area (Å²) < 4.78 is 46.8. The Labute approximate surface area is 103 Å².